The Labute approximate surface area is 185 Å². The summed E-state index contributed by atoms with van der Waals surface area (Å²) in [4.78, 5) is 14.1. The van der Waals surface area contributed by atoms with Crippen molar-refractivity contribution in [2.24, 2.45) is 0 Å². The number of ether oxygens (including phenoxy) is 1. The minimum atomic E-state index is -3.82. The van der Waals surface area contributed by atoms with E-state index in [1.54, 1.807) is 37.4 Å². The van der Waals surface area contributed by atoms with Crippen molar-refractivity contribution in [2.45, 2.75) is 11.4 Å². The van der Waals surface area contributed by atoms with E-state index in [-0.39, 0.29) is 23.1 Å². The second-order valence-corrected chi connectivity index (χ2v) is 8.89. The SMILES string of the molecule is COc1ccc(CN(C)C(=O)c2ccc(S(=O)(=O)Nc3ccc(Cl)cc3)cc2)cc1F. The molecule has 1 amide bonds. The van der Waals surface area contributed by atoms with Crippen LogP contribution in [0.15, 0.2) is 71.6 Å². The monoisotopic (exact) mass is 462 g/mol. The van der Waals surface area contributed by atoms with E-state index in [0.29, 0.717) is 21.8 Å². The molecule has 0 radical (unpaired) electrons. The quantitative estimate of drug-likeness (QED) is 0.558. The van der Waals surface area contributed by atoms with Crippen LogP contribution in [0.3, 0.4) is 0 Å². The molecule has 31 heavy (non-hydrogen) atoms. The van der Waals surface area contributed by atoms with Gasteiger partial charge in [0.15, 0.2) is 11.6 Å². The van der Waals surface area contributed by atoms with Gasteiger partial charge in [-0.3, -0.25) is 9.52 Å². The van der Waals surface area contributed by atoms with Crippen LogP contribution < -0.4 is 9.46 Å². The zero-order chi connectivity index (χ0) is 22.6. The molecule has 1 N–H and O–H groups in total. The van der Waals surface area contributed by atoms with E-state index < -0.39 is 15.8 Å². The van der Waals surface area contributed by atoms with Crippen molar-refractivity contribution >= 4 is 33.2 Å². The first-order chi connectivity index (χ1) is 14.7. The lowest BCUT2D eigenvalue weighted by atomic mass is 10.1. The largest absolute Gasteiger partial charge is 0.494 e. The fourth-order valence-electron chi connectivity index (χ4n) is 2.88. The smallest absolute Gasteiger partial charge is 0.261 e. The molecule has 0 fully saturated rings. The van der Waals surface area contributed by atoms with E-state index in [0.717, 1.165) is 0 Å². The zero-order valence-corrected chi connectivity index (χ0v) is 18.4. The molecule has 0 spiro atoms. The van der Waals surface area contributed by atoms with Gasteiger partial charge in [-0.2, -0.15) is 0 Å². The van der Waals surface area contributed by atoms with Crippen LogP contribution in [-0.4, -0.2) is 33.4 Å². The summed E-state index contributed by atoms with van der Waals surface area (Å²) in [5.74, 6) is -0.712. The van der Waals surface area contributed by atoms with Crippen LogP contribution in [0.4, 0.5) is 10.1 Å². The lowest BCUT2D eigenvalue weighted by molar-refractivity contribution is 0.0785. The van der Waals surface area contributed by atoms with Crippen molar-refractivity contribution < 1.29 is 22.3 Å². The molecule has 6 nitrogen and oxygen atoms in total. The number of sulfonamides is 1. The van der Waals surface area contributed by atoms with Crippen molar-refractivity contribution in [3.05, 3.63) is 88.7 Å². The number of halogens is 2. The highest BCUT2D eigenvalue weighted by molar-refractivity contribution is 7.92. The van der Waals surface area contributed by atoms with E-state index in [1.165, 1.54) is 48.4 Å². The predicted molar refractivity (Wildman–Crippen MR) is 117 cm³/mol. The molecule has 0 aliphatic rings. The molecular formula is C22H20ClFN2O4S. The summed E-state index contributed by atoms with van der Waals surface area (Å²) in [6.07, 6.45) is 0. The lowest BCUT2D eigenvalue weighted by Gasteiger charge is -2.18. The average molecular weight is 463 g/mol. The standard InChI is InChI=1S/C22H20ClFN2O4S/c1-26(14-15-3-12-21(30-2)20(24)13-15)22(27)16-4-10-19(11-5-16)31(28,29)25-18-8-6-17(23)7-9-18/h3-13,25H,14H2,1-2H3. The van der Waals surface area contributed by atoms with Gasteiger partial charge in [-0.05, 0) is 66.2 Å². The molecule has 0 aliphatic heterocycles. The fraction of sp³-hybridized carbons (Fsp3) is 0.136. The van der Waals surface area contributed by atoms with Crippen LogP contribution in [0.2, 0.25) is 5.02 Å². The summed E-state index contributed by atoms with van der Waals surface area (Å²) < 4.78 is 46.3. The molecule has 0 saturated carbocycles. The van der Waals surface area contributed by atoms with Gasteiger partial charge in [0.05, 0.1) is 12.0 Å². The Bertz CT molecular complexity index is 1180. The summed E-state index contributed by atoms with van der Waals surface area (Å²) in [6, 6.07) is 16.3. The number of methoxy groups -OCH3 is 1. The van der Waals surface area contributed by atoms with Crippen LogP contribution in [-0.2, 0) is 16.6 Å². The second-order valence-electron chi connectivity index (χ2n) is 6.77. The molecule has 0 atom stereocenters. The minimum Gasteiger partial charge on any atom is -0.494 e. The van der Waals surface area contributed by atoms with E-state index in [9.17, 15) is 17.6 Å². The molecule has 3 aromatic rings. The van der Waals surface area contributed by atoms with Crippen molar-refractivity contribution in [3.8, 4) is 5.75 Å². The van der Waals surface area contributed by atoms with Crippen LogP contribution in [0.25, 0.3) is 0 Å². The highest BCUT2D eigenvalue weighted by Gasteiger charge is 2.17. The lowest BCUT2D eigenvalue weighted by Crippen LogP contribution is -2.26. The van der Waals surface area contributed by atoms with Crippen LogP contribution in [0.1, 0.15) is 15.9 Å². The number of anilines is 1. The molecule has 3 aromatic carbocycles. The van der Waals surface area contributed by atoms with Gasteiger partial charge in [0.25, 0.3) is 15.9 Å². The summed E-state index contributed by atoms with van der Waals surface area (Å²) >= 11 is 5.81. The molecular weight excluding hydrogens is 443 g/mol. The molecule has 0 saturated heterocycles. The number of hydrogen-bond donors (Lipinski definition) is 1. The number of amides is 1. The Hall–Kier alpha value is -3.10. The van der Waals surface area contributed by atoms with Crippen LogP contribution >= 0.6 is 11.6 Å². The molecule has 162 valence electrons. The van der Waals surface area contributed by atoms with Gasteiger partial charge in [0.2, 0.25) is 0 Å². The third kappa shape index (κ3) is 5.53. The molecule has 9 heteroatoms. The summed E-state index contributed by atoms with van der Waals surface area (Å²) in [6.45, 7) is 0.178. The summed E-state index contributed by atoms with van der Waals surface area (Å²) in [5, 5.41) is 0.493. The molecule has 3 rings (SSSR count). The number of nitrogens with one attached hydrogen (secondary N) is 1. The number of carbonyl (C=O) groups is 1. The zero-order valence-electron chi connectivity index (χ0n) is 16.8. The van der Waals surface area contributed by atoms with Crippen molar-refractivity contribution in [3.63, 3.8) is 0 Å². The third-order valence-corrected chi connectivity index (χ3v) is 6.14. The Morgan fingerprint density at radius 1 is 1.06 bits per heavy atom. The molecule has 0 unspecified atom stereocenters. The Morgan fingerprint density at radius 3 is 2.29 bits per heavy atom. The van der Waals surface area contributed by atoms with E-state index >= 15 is 0 Å². The van der Waals surface area contributed by atoms with Gasteiger partial charge >= 0.3 is 0 Å². The van der Waals surface area contributed by atoms with E-state index in [4.69, 9.17) is 16.3 Å². The number of carbonyl (C=O) groups excluding carboxylic acids is 1. The van der Waals surface area contributed by atoms with Gasteiger partial charge in [0.1, 0.15) is 0 Å². The normalized spacial score (nSPS) is 11.1. The Kier molecular flexibility index (Phi) is 6.82. The summed E-state index contributed by atoms with van der Waals surface area (Å²) in [5.41, 5.74) is 1.28. The molecule has 0 aromatic heterocycles. The molecule has 0 aliphatic carbocycles. The number of benzene rings is 3. The minimum absolute atomic E-state index is 0.0129. The van der Waals surface area contributed by atoms with Crippen molar-refractivity contribution in [2.75, 3.05) is 18.9 Å². The highest BCUT2D eigenvalue weighted by Crippen LogP contribution is 2.21. The molecule has 0 heterocycles. The maximum atomic E-state index is 13.9. The van der Waals surface area contributed by atoms with Gasteiger partial charge in [-0.15, -0.1) is 0 Å². The van der Waals surface area contributed by atoms with Crippen molar-refractivity contribution in [1.29, 1.82) is 0 Å². The van der Waals surface area contributed by atoms with Crippen molar-refractivity contribution in [1.82, 2.24) is 4.90 Å². The summed E-state index contributed by atoms with van der Waals surface area (Å²) in [7, 11) is -0.862. The van der Waals surface area contributed by atoms with Gasteiger partial charge in [0, 0.05) is 29.9 Å². The Morgan fingerprint density at radius 2 is 1.71 bits per heavy atom. The maximum absolute atomic E-state index is 13.9. The number of hydrogen-bond acceptors (Lipinski definition) is 4. The third-order valence-electron chi connectivity index (χ3n) is 4.49. The van der Waals surface area contributed by atoms with Crippen LogP contribution in [0, 0.1) is 5.82 Å². The van der Waals surface area contributed by atoms with E-state index in [2.05, 4.69) is 4.72 Å². The first kappa shape index (κ1) is 22.6. The highest BCUT2D eigenvalue weighted by atomic mass is 35.5. The average Bonchev–Trinajstić information content (AvgIpc) is 2.75. The van der Waals surface area contributed by atoms with Gasteiger partial charge in [-0.25, -0.2) is 12.8 Å². The number of nitrogens with zero attached hydrogens (tertiary/aromatic N) is 1. The van der Waals surface area contributed by atoms with E-state index in [1.807, 2.05) is 0 Å². The molecule has 0 bridgehead atoms. The predicted octanol–water partition coefficient (Wildman–Crippen LogP) is 4.56. The van der Waals surface area contributed by atoms with Gasteiger partial charge < -0.3 is 9.64 Å². The Balaban J connectivity index is 1.70. The fourth-order valence-corrected chi connectivity index (χ4v) is 4.07. The topological polar surface area (TPSA) is 75.7 Å². The first-order valence-corrected chi connectivity index (χ1v) is 11.0. The van der Waals surface area contributed by atoms with Crippen LogP contribution in [0.5, 0.6) is 5.75 Å². The van der Waals surface area contributed by atoms with Gasteiger partial charge in [-0.1, -0.05) is 17.7 Å². The maximum Gasteiger partial charge on any atom is 0.261 e. The second kappa shape index (κ2) is 9.36. The first-order valence-electron chi connectivity index (χ1n) is 9.16. The number of rotatable bonds is 7.